The van der Waals surface area contributed by atoms with Gasteiger partial charge in [-0.05, 0) is 33.6 Å². The summed E-state index contributed by atoms with van der Waals surface area (Å²) in [5, 5.41) is 0. The Morgan fingerprint density at radius 2 is 1.84 bits per heavy atom. The van der Waals surface area contributed by atoms with E-state index in [9.17, 15) is 9.59 Å². The van der Waals surface area contributed by atoms with E-state index in [1.54, 1.807) is 16.8 Å². The third-order valence-electron chi connectivity index (χ3n) is 3.23. The van der Waals surface area contributed by atoms with Crippen LogP contribution in [0.2, 0.25) is 0 Å². The zero-order valence-electron chi connectivity index (χ0n) is 12.3. The maximum atomic E-state index is 11.9. The van der Waals surface area contributed by atoms with E-state index in [0.29, 0.717) is 13.1 Å². The first kappa shape index (κ1) is 15.8. The highest BCUT2D eigenvalue weighted by molar-refractivity contribution is 5.78. The van der Waals surface area contributed by atoms with Crippen LogP contribution in [0.15, 0.2) is 0 Å². The van der Waals surface area contributed by atoms with Crippen molar-refractivity contribution in [1.29, 1.82) is 0 Å². The fourth-order valence-corrected chi connectivity index (χ4v) is 2.11. The van der Waals surface area contributed by atoms with Crippen LogP contribution in [-0.2, 0) is 9.53 Å². The molecule has 0 spiro atoms. The van der Waals surface area contributed by atoms with Crippen LogP contribution >= 0.6 is 0 Å². The summed E-state index contributed by atoms with van der Waals surface area (Å²) in [7, 11) is 1.77. The van der Waals surface area contributed by atoms with Crippen molar-refractivity contribution in [2.45, 2.75) is 45.3 Å². The van der Waals surface area contributed by atoms with Gasteiger partial charge in [-0.25, -0.2) is 4.79 Å². The Bertz CT molecular complexity index is 331. The fraction of sp³-hybridized carbons (Fsp3) is 0.846. The van der Waals surface area contributed by atoms with Gasteiger partial charge in [-0.15, -0.1) is 0 Å². The first-order valence-corrected chi connectivity index (χ1v) is 6.68. The molecule has 2 amide bonds. The van der Waals surface area contributed by atoms with Crippen molar-refractivity contribution in [2.24, 2.45) is 5.73 Å². The van der Waals surface area contributed by atoms with Crippen LogP contribution in [0.1, 0.15) is 33.6 Å². The summed E-state index contributed by atoms with van der Waals surface area (Å²) in [5.74, 6) is -0.0595. The number of amides is 2. The molecule has 0 aromatic carbocycles. The second-order valence-corrected chi connectivity index (χ2v) is 5.91. The third-order valence-corrected chi connectivity index (χ3v) is 3.23. The van der Waals surface area contributed by atoms with Gasteiger partial charge in [0.1, 0.15) is 5.60 Å². The first-order valence-electron chi connectivity index (χ1n) is 6.68. The van der Waals surface area contributed by atoms with Crippen molar-refractivity contribution in [3.05, 3.63) is 0 Å². The van der Waals surface area contributed by atoms with Gasteiger partial charge in [-0.1, -0.05) is 0 Å². The molecular weight excluding hydrogens is 246 g/mol. The maximum absolute atomic E-state index is 11.9. The molecule has 110 valence electrons. The van der Waals surface area contributed by atoms with Gasteiger partial charge in [-0.3, -0.25) is 4.79 Å². The van der Waals surface area contributed by atoms with Gasteiger partial charge in [0.2, 0.25) is 5.91 Å². The average molecular weight is 271 g/mol. The molecule has 0 aromatic heterocycles. The lowest BCUT2D eigenvalue weighted by molar-refractivity contribution is -0.131. The Kier molecular flexibility index (Phi) is 5.17. The zero-order chi connectivity index (χ0) is 14.6. The number of carbonyl (C=O) groups is 2. The number of piperidine rings is 1. The van der Waals surface area contributed by atoms with Crippen molar-refractivity contribution in [3.63, 3.8) is 0 Å². The van der Waals surface area contributed by atoms with Crippen molar-refractivity contribution < 1.29 is 14.3 Å². The SMILES string of the molecule is CN(C(=O)CN)C1CCN(C(=O)OC(C)(C)C)CC1. The van der Waals surface area contributed by atoms with Crippen molar-refractivity contribution >= 4 is 12.0 Å². The standard InChI is InChI=1S/C13H25N3O3/c1-13(2,3)19-12(18)16-7-5-10(6-8-16)15(4)11(17)9-14/h10H,5-9,14H2,1-4H3. The molecule has 0 aromatic rings. The molecule has 2 N–H and O–H groups in total. The molecule has 6 heteroatoms. The second kappa shape index (κ2) is 6.23. The average Bonchev–Trinajstić information content (AvgIpc) is 2.35. The molecule has 1 fully saturated rings. The molecule has 0 aliphatic carbocycles. The van der Waals surface area contributed by atoms with Crippen LogP contribution in [0.3, 0.4) is 0 Å². The molecule has 6 nitrogen and oxygen atoms in total. The molecule has 1 heterocycles. The summed E-state index contributed by atoms with van der Waals surface area (Å²) < 4.78 is 5.33. The molecule has 0 unspecified atom stereocenters. The van der Waals surface area contributed by atoms with Crippen LogP contribution in [0.25, 0.3) is 0 Å². The maximum Gasteiger partial charge on any atom is 0.410 e. The Morgan fingerprint density at radius 1 is 1.32 bits per heavy atom. The molecule has 0 atom stereocenters. The number of ether oxygens (including phenoxy) is 1. The second-order valence-electron chi connectivity index (χ2n) is 5.91. The largest absolute Gasteiger partial charge is 0.444 e. The minimum atomic E-state index is -0.472. The number of carbonyl (C=O) groups excluding carboxylic acids is 2. The van der Waals surface area contributed by atoms with E-state index >= 15 is 0 Å². The van der Waals surface area contributed by atoms with Gasteiger partial charge in [0.25, 0.3) is 0 Å². The number of hydrogen-bond acceptors (Lipinski definition) is 4. The topological polar surface area (TPSA) is 75.9 Å². The smallest absolute Gasteiger partial charge is 0.410 e. The Morgan fingerprint density at radius 3 is 2.26 bits per heavy atom. The van der Waals surface area contributed by atoms with E-state index in [-0.39, 0.29) is 24.6 Å². The summed E-state index contributed by atoms with van der Waals surface area (Å²) in [6.45, 7) is 6.81. The first-order chi connectivity index (χ1) is 8.74. The van der Waals surface area contributed by atoms with Gasteiger partial charge in [0.15, 0.2) is 0 Å². The van der Waals surface area contributed by atoms with E-state index in [4.69, 9.17) is 10.5 Å². The summed E-state index contributed by atoms with van der Waals surface area (Å²) >= 11 is 0. The van der Waals surface area contributed by atoms with Crippen LogP contribution < -0.4 is 5.73 Å². The van der Waals surface area contributed by atoms with Gasteiger partial charge in [0, 0.05) is 26.2 Å². The molecular formula is C13H25N3O3. The number of rotatable bonds is 2. The van der Waals surface area contributed by atoms with Crippen molar-refractivity contribution in [3.8, 4) is 0 Å². The molecule has 1 rings (SSSR count). The lowest BCUT2D eigenvalue weighted by Gasteiger charge is -2.37. The normalized spacial score (nSPS) is 17.2. The summed E-state index contributed by atoms with van der Waals surface area (Å²) in [4.78, 5) is 26.8. The summed E-state index contributed by atoms with van der Waals surface area (Å²) in [6.07, 6.45) is 1.25. The quantitative estimate of drug-likeness (QED) is 0.806. The lowest BCUT2D eigenvalue weighted by Crippen LogP contribution is -2.49. The van der Waals surface area contributed by atoms with Crippen LogP contribution in [0, 0.1) is 0 Å². The van der Waals surface area contributed by atoms with Gasteiger partial charge in [-0.2, -0.15) is 0 Å². The van der Waals surface area contributed by atoms with E-state index in [1.165, 1.54) is 0 Å². The van der Waals surface area contributed by atoms with E-state index < -0.39 is 5.60 Å². The Labute approximate surface area is 114 Å². The molecule has 1 saturated heterocycles. The predicted octanol–water partition coefficient (Wildman–Crippen LogP) is 0.803. The highest BCUT2D eigenvalue weighted by Gasteiger charge is 2.29. The van der Waals surface area contributed by atoms with Gasteiger partial charge in [0.05, 0.1) is 6.54 Å². The molecule has 0 radical (unpaired) electrons. The van der Waals surface area contributed by atoms with E-state index in [2.05, 4.69) is 0 Å². The molecule has 1 aliphatic heterocycles. The van der Waals surface area contributed by atoms with Gasteiger partial charge >= 0.3 is 6.09 Å². The Hall–Kier alpha value is -1.30. The minimum Gasteiger partial charge on any atom is -0.444 e. The van der Waals surface area contributed by atoms with E-state index in [0.717, 1.165) is 12.8 Å². The lowest BCUT2D eigenvalue weighted by atomic mass is 10.0. The van der Waals surface area contributed by atoms with Crippen LogP contribution in [0.4, 0.5) is 4.79 Å². The van der Waals surface area contributed by atoms with Crippen molar-refractivity contribution in [1.82, 2.24) is 9.80 Å². The summed E-state index contributed by atoms with van der Waals surface area (Å²) in [5.41, 5.74) is 4.88. The van der Waals surface area contributed by atoms with Crippen LogP contribution in [-0.4, -0.2) is 60.1 Å². The number of hydrogen-bond donors (Lipinski definition) is 1. The highest BCUT2D eigenvalue weighted by Crippen LogP contribution is 2.18. The molecule has 19 heavy (non-hydrogen) atoms. The predicted molar refractivity (Wildman–Crippen MR) is 72.7 cm³/mol. The number of nitrogens with two attached hydrogens (primary N) is 1. The number of likely N-dealkylation sites (tertiary alicyclic amines) is 1. The molecule has 0 saturated carbocycles. The highest BCUT2D eigenvalue weighted by atomic mass is 16.6. The zero-order valence-corrected chi connectivity index (χ0v) is 12.3. The summed E-state index contributed by atoms with van der Waals surface area (Å²) in [6, 6.07) is 0.162. The molecule has 0 bridgehead atoms. The van der Waals surface area contributed by atoms with Crippen molar-refractivity contribution in [2.75, 3.05) is 26.7 Å². The third kappa shape index (κ3) is 4.70. The van der Waals surface area contributed by atoms with E-state index in [1.807, 2.05) is 20.8 Å². The Balaban J connectivity index is 2.45. The fourth-order valence-electron chi connectivity index (χ4n) is 2.11. The minimum absolute atomic E-state index is 0.0305. The number of likely N-dealkylation sites (N-methyl/N-ethyl adjacent to an activating group) is 1. The van der Waals surface area contributed by atoms with Gasteiger partial charge < -0.3 is 20.3 Å². The monoisotopic (exact) mass is 271 g/mol. The number of nitrogens with zero attached hydrogens (tertiary/aromatic N) is 2. The molecule has 1 aliphatic rings. The van der Waals surface area contributed by atoms with Crippen LogP contribution in [0.5, 0.6) is 0 Å².